The number of nitrogens with one attached hydrogen (secondary N) is 2. The molecule has 1 aromatic heterocycles. The molecule has 0 amide bonds. The number of aromatic nitrogens is 3. The van der Waals surface area contributed by atoms with Gasteiger partial charge < -0.3 is 23.7 Å². The van der Waals surface area contributed by atoms with Gasteiger partial charge in [-0.15, -0.1) is 0 Å². The predicted molar refractivity (Wildman–Crippen MR) is 143 cm³/mol. The normalized spacial score (nSPS) is 11.0. The monoisotopic (exact) mass is 517 g/mol. The molecule has 4 aromatic rings. The third-order valence-electron chi connectivity index (χ3n) is 5.60. The van der Waals surface area contributed by atoms with Crippen molar-refractivity contribution >= 4 is 11.4 Å². The van der Waals surface area contributed by atoms with Crippen LogP contribution in [0.2, 0.25) is 0 Å². The Balaban J connectivity index is 1.91. The van der Waals surface area contributed by atoms with E-state index >= 15 is 0 Å². The lowest BCUT2D eigenvalue weighted by molar-refractivity contribution is 0.324. The van der Waals surface area contributed by atoms with Gasteiger partial charge in [-0.25, -0.2) is 10.1 Å². The second kappa shape index (κ2) is 11.8. The van der Waals surface area contributed by atoms with Gasteiger partial charge in [0.2, 0.25) is 5.75 Å². The molecule has 0 saturated heterocycles. The molecule has 0 radical (unpaired) electrons. The topological polar surface area (TPSA) is 129 Å². The number of nitrogens with zero attached hydrogens (tertiary/aromatic N) is 3. The van der Waals surface area contributed by atoms with Crippen LogP contribution in [0.1, 0.15) is 11.3 Å². The van der Waals surface area contributed by atoms with Gasteiger partial charge in [0.05, 0.1) is 41.2 Å². The molecule has 4 rings (SSSR count). The van der Waals surface area contributed by atoms with Crippen molar-refractivity contribution in [3.63, 3.8) is 0 Å². The van der Waals surface area contributed by atoms with Crippen molar-refractivity contribution in [2.45, 2.75) is 0 Å². The fraction of sp³-hybridized carbons (Fsp3) is 0.185. The van der Waals surface area contributed by atoms with Crippen LogP contribution >= 0.6 is 0 Å². The number of benzene rings is 3. The van der Waals surface area contributed by atoms with E-state index in [0.29, 0.717) is 51.4 Å². The molecule has 3 aromatic carbocycles. The second-order valence-corrected chi connectivity index (χ2v) is 7.75. The minimum absolute atomic E-state index is 0.0162. The van der Waals surface area contributed by atoms with E-state index in [-0.39, 0.29) is 11.4 Å². The molecule has 2 N–H and O–H groups in total. The highest BCUT2D eigenvalue weighted by molar-refractivity contribution is 6.12. The van der Waals surface area contributed by atoms with E-state index in [2.05, 4.69) is 25.7 Å². The minimum Gasteiger partial charge on any atom is -0.497 e. The van der Waals surface area contributed by atoms with E-state index < -0.39 is 5.56 Å². The molecular weight excluding hydrogens is 490 g/mol. The molecule has 0 aliphatic rings. The zero-order valence-corrected chi connectivity index (χ0v) is 21.6. The number of methoxy groups -OCH3 is 5. The van der Waals surface area contributed by atoms with Crippen LogP contribution in [0.25, 0.3) is 11.4 Å². The van der Waals surface area contributed by atoms with Crippen LogP contribution in [0, 0.1) is 0 Å². The van der Waals surface area contributed by atoms with Gasteiger partial charge in [-0.2, -0.15) is 10.2 Å². The Kier molecular flexibility index (Phi) is 8.07. The van der Waals surface area contributed by atoms with Crippen molar-refractivity contribution in [2.75, 3.05) is 41.0 Å². The van der Waals surface area contributed by atoms with Gasteiger partial charge >= 0.3 is 0 Å². The van der Waals surface area contributed by atoms with Gasteiger partial charge in [-0.3, -0.25) is 10.2 Å². The summed E-state index contributed by atoms with van der Waals surface area (Å²) in [6.07, 6.45) is 0. The molecule has 11 nitrogen and oxygen atoms in total. The molecule has 196 valence electrons. The Hall–Kier alpha value is -5.06. The highest BCUT2D eigenvalue weighted by Gasteiger charge is 2.21. The number of para-hydroxylation sites is 2. The summed E-state index contributed by atoms with van der Waals surface area (Å²) in [7, 11) is 7.65. The lowest BCUT2D eigenvalue weighted by atomic mass is 10.1. The largest absolute Gasteiger partial charge is 0.497 e. The van der Waals surface area contributed by atoms with Crippen LogP contribution in [-0.2, 0) is 0 Å². The fourth-order valence-corrected chi connectivity index (χ4v) is 3.69. The first-order valence-corrected chi connectivity index (χ1v) is 11.4. The highest BCUT2D eigenvalue weighted by atomic mass is 16.5. The molecular formula is C27H27N5O6. The summed E-state index contributed by atoms with van der Waals surface area (Å²) < 4.78 is 27.1. The quantitative estimate of drug-likeness (QED) is 0.239. The van der Waals surface area contributed by atoms with E-state index in [4.69, 9.17) is 23.7 Å². The van der Waals surface area contributed by atoms with Crippen LogP contribution in [0.5, 0.6) is 28.7 Å². The number of rotatable bonds is 10. The second-order valence-electron chi connectivity index (χ2n) is 7.75. The predicted octanol–water partition coefficient (Wildman–Crippen LogP) is 3.74. The summed E-state index contributed by atoms with van der Waals surface area (Å²) in [5.74, 6) is 2.70. The van der Waals surface area contributed by atoms with Crippen LogP contribution in [0.3, 0.4) is 0 Å². The van der Waals surface area contributed by atoms with Gasteiger partial charge in [0.25, 0.3) is 5.56 Å². The molecule has 0 atom stereocenters. The summed E-state index contributed by atoms with van der Waals surface area (Å²) in [6, 6.07) is 17.7. The Morgan fingerprint density at radius 3 is 2.08 bits per heavy atom. The Labute approximate surface area is 219 Å². The van der Waals surface area contributed by atoms with E-state index in [1.807, 2.05) is 12.1 Å². The summed E-state index contributed by atoms with van der Waals surface area (Å²) in [5.41, 5.74) is 4.39. The number of hydrogen-bond acceptors (Lipinski definition) is 10. The van der Waals surface area contributed by atoms with Crippen molar-refractivity contribution in [3.8, 4) is 40.1 Å². The maximum Gasteiger partial charge on any atom is 0.292 e. The fourth-order valence-electron chi connectivity index (χ4n) is 3.69. The van der Waals surface area contributed by atoms with E-state index in [0.717, 1.165) is 0 Å². The zero-order valence-electron chi connectivity index (χ0n) is 21.6. The number of anilines is 1. The number of aromatic amines is 1. The Morgan fingerprint density at radius 1 is 0.816 bits per heavy atom. The van der Waals surface area contributed by atoms with Crippen LogP contribution in [0.15, 0.2) is 70.6 Å². The lowest BCUT2D eigenvalue weighted by Crippen LogP contribution is -2.24. The minimum atomic E-state index is -0.545. The average molecular weight is 518 g/mol. The van der Waals surface area contributed by atoms with Gasteiger partial charge in [0, 0.05) is 11.1 Å². The average Bonchev–Trinajstić information content (AvgIpc) is 2.97. The number of hydrazone groups is 1. The summed E-state index contributed by atoms with van der Waals surface area (Å²) in [4.78, 5) is 17.6. The standard InChI is InChI=1S/C27H27N5O6/c1-34-18-12-10-16(11-13-18)26-28-24(27(33)32-31-26)23(30-29-19-8-6-7-9-20(19)35-2)17-14-21(36-3)25(38-5)22(15-17)37-4/h6-15,29H,1-5H3,(H,32,33)/b30-23-. The SMILES string of the molecule is COc1ccc(-c2n[nH]c(=O)c(/C(=N\Nc3ccccc3OC)c3cc(OC)c(OC)c(OC)c3)n2)cc1. The molecule has 0 bridgehead atoms. The number of H-pyrrole nitrogens is 1. The smallest absolute Gasteiger partial charge is 0.292 e. The van der Waals surface area contributed by atoms with Crippen molar-refractivity contribution in [1.82, 2.24) is 15.2 Å². The maximum atomic E-state index is 13.1. The molecule has 0 unspecified atom stereocenters. The zero-order chi connectivity index (χ0) is 27.1. The molecule has 0 aliphatic heterocycles. The third-order valence-corrected chi connectivity index (χ3v) is 5.60. The van der Waals surface area contributed by atoms with Crippen LogP contribution in [-0.4, -0.2) is 56.4 Å². The summed E-state index contributed by atoms with van der Waals surface area (Å²) in [6.45, 7) is 0. The van der Waals surface area contributed by atoms with E-state index in [1.54, 1.807) is 62.8 Å². The van der Waals surface area contributed by atoms with Crippen LogP contribution < -0.4 is 34.7 Å². The molecule has 11 heteroatoms. The third kappa shape index (κ3) is 5.36. The van der Waals surface area contributed by atoms with Gasteiger partial charge in [0.1, 0.15) is 17.2 Å². The first-order valence-electron chi connectivity index (χ1n) is 11.4. The highest BCUT2D eigenvalue weighted by Crippen LogP contribution is 2.38. The molecule has 0 saturated carbocycles. The van der Waals surface area contributed by atoms with Gasteiger partial charge in [0.15, 0.2) is 23.0 Å². The maximum absolute atomic E-state index is 13.1. The van der Waals surface area contributed by atoms with Gasteiger partial charge in [-0.05, 0) is 48.5 Å². The molecule has 1 heterocycles. The molecule has 0 aliphatic carbocycles. The molecule has 0 fully saturated rings. The first-order chi connectivity index (χ1) is 18.5. The van der Waals surface area contributed by atoms with Crippen LogP contribution in [0.4, 0.5) is 5.69 Å². The van der Waals surface area contributed by atoms with E-state index in [9.17, 15) is 4.79 Å². The van der Waals surface area contributed by atoms with Crippen molar-refractivity contribution < 1.29 is 23.7 Å². The van der Waals surface area contributed by atoms with Crippen molar-refractivity contribution in [1.29, 1.82) is 0 Å². The number of ether oxygens (including phenoxy) is 5. The number of hydrogen-bond donors (Lipinski definition) is 2. The molecule has 0 spiro atoms. The molecule has 38 heavy (non-hydrogen) atoms. The van der Waals surface area contributed by atoms with E-state index in [1.165, 1.54) is 21.3 Å². The summed E-state index contributed by atoms with van der Waals surface area (Å²) >= 11 is 0. The Bertz CT molecular complexity index is 1480. The van der Waals surface area contributed by atoms with Crippen molar-refractivity contribution in [2.24, 2.45) is 5.10 Å². The Morgan fingerprint density at radius 2 is 1.47 bits per heavy atom. The lowest BCUT2D eigenvalue weighted by Gasteiger charge is -2.15. The summed E-state index contributed by atoms with van der Waals surface area (Å²) in [5, 5.41) is 11.2. The van der Waals surface area contributed by atoms with Gasteiger partial charge in [-0.1, -0.05) is 12.1 Å². The van der Waals surface area contributed by atoms with Crippen molar-refractivity contribution in [3.05, 3.63) is 82.3 Å². The first kappa shape index (κ1) is 26.0.